The van der Waals surface area contributed by atoms with Gasteiger partial charge in [-0.2, -0.15) is 0 Å². The second kappa shape index (κ2) is 5.51. The quantitative estimate of drug-likeness (QED) is 0.692. The van der Waals surface area contributed by atoms with Crippen molar-refractivity contribution in [3.8, 4) is 0 Å². The highest BCUT2D eigenvalue weighted by Crippen LogP contribution is 2.12. The Morgan fingerprint density at radius 3 is 2.78 bits per heavy atom. The van der Waals surface area contributed by atoms with E-state index in [-0.39, 0.29) is 12.4 Å². The summed E-state index contributed by atoms with van der Waals surface area (Å²) in [5, 5.41) is 4.50. The monoisotopic (exact) mass is 213 g/mol. The first-order valence-electron chi connectivity index (χ1n) is 3.20. The van der Waals surface area contributed by atoms with Crippen molar-refractivity contribution in [1.29, 1.82) is 0 Å². The smallest absolute Gasteiger partial charge is 0.00344 e. The lowest BCUT2D eigenvalue weighted by Crippen LogP contribution is -2.08. The summed E-state index contributed by atoms with van der Waals surface area (Å²) in [5.74, 6) is 0.953. The zero-order valence-corrected chi connectivity index (χ0v) is 7.80. The minimum atomic E-state index is 0. The maximum absolute atomic E-state index is 3.43. The number of hydrogen-bond donors (Lipinski definition) is 1. The molecule has 1 aliphatic rings. The van der Waals surface area contributed by atoms with Gasteiger partial charge in [-0.1, -0.05) is 15.9 Å². The van der Waals surface area contributed by atoms with E-state index in [1.807, 2.05) is 0 Å². The molecule has 1 heterocycles. The van der Waals surface area contributed by atoms with Crippen LogP contribution in [0.25, 0.3) is 0 Å². The van der Waals surface area contributed by atoms with Crippen LogP contribution in [-0.4, -0.2) is 18.4 Å². The molecule has 0 bridgehead atoms. The largest absolute Gasteiger partial charge is 0.316 e. The van der Waals surface area contributed by atoms with E-state index in [1.165, 1.54) is 31.3 Å². The highest BCUT2D eigenvalue weighted by molar-refractivity contribution is 9.09. The van der Waals surface area contributed by atoms with E-state index in [4.69, 9.17) is 0 Å². The third-order valence-electron chi connectivity index (χ3n) is 1.68. The van der Waals surface area contributed by atoms with Crippen molar-refractivity contribution in [3.05, 3.63) is 0 Å². The standard InChI is InChI=1S/C6H12BrN.ClH/c7-3-1-6-2-4-8-5-6;/h6,8H,1-5H2;1H/t6-;/m1./s1. The van der Waals surface area contributed by atoms with E-state index in [9.17, 15) is 0 Å². The first-order valence-corrected chi connectivity index (χ1v) is 4.32. The second-order valence-corrected chi connectivity index (χ2v) is 3.13. The van der Waals surface area contributed by atoms with Gasteiger partial charge >= 0.3 is 0 Å². The van der Waals surface area contributed by atoms with Gasteiger partial charge in [0.1, 0.15) is 0 Å². The summed E-state index contributed by atoms with van der Waals surface area (Å²) in [6.45, 7) is 2.48. The molecule has 1 aliphatic heterocycles. The minimum Gasteiger partial charge on any atom is -0.316 e. The van der Waals surface area contributed by atoms with Crippen molar-refractivity contribution in [1.82, 2.24) is 5.32 Å². The van der Waals surface area contributed by atoms with E-state index < -0.39 is 0 Å². The summed E-state index contributed by atoms with van der Waals surface area (Å²) in [7, 11) is 0. The van der Waals surface area contributed by atoms with Crippen LogP contribution in [0.15, 0.2) is 0 Å². The van der Waals surface area contributed by atoms with Gasteiger partial charge < -0.3 is 5.32 Å². The van der Waals surface area contributed by atoms with Gasteiger partial charge in [-0.3, -0.25) is 0 Å². The molecule has 0 saturated carbocycles. The molecule has 0 amide bonds. The Hall–Kier alpha value is 0.730. The maximum Gasteiger partial charge on any atom is 0.00344 e. The number of alkyl halides is 1. The van der Waals surface area contributed by atoms with Crippen LogP contribution in [0.1, 0.15) is 12.8 Å². The van der Waals surface area contributed by atoms with Gasteiger partial charge in [0.15, 0.2) is 0 Å². The number of hydrogen-bond acceptors (Lipinski definition) is 1. The molecule has 0 aromatic carbocycles. The minimum absolute atomic E-state index is 0. The molecule has 0 aliphatic carbocycles. The van der Waals surface area contributed by atoms with E-state index in [0.29, 0.717) is 0 Å². The van der Waals surface area contributed by atoms with Gasteiger partial charge in [0.2, 0.25) is 0 Å². The number of rotatable bonds is 2. The normalized spacial score (nSPS) is 25.7. The van der Waals surface area contributed by atoms with Crippen LogP contribution >= 0.6 is 28.3 Å². The van der Waals surface area contributed by atoms with Crippen molar-refractivity contribution < 1.29 is 0 Å². The summed E-state index contributed by atoms with van der Waals surface area (Å²) >= 11 is 3.43. The molecule has 3 heteroatoms. The second-order valence-electron chi connectivity index (χ2n) is 2.34. The third-order valence-corrected chi connectivity index (χ3v) is 2.14. The van der Waals surface area contributed by atoms with E-state index in [0.717, 1.165) is 5.92 Å². The van der Waals surface area contributed by atoms with Gasteiger partial charge in [-0.05, 0) is 31.8 Å². The summed E-state index contributed by atoms with van der Waals surface area (Å²) in [5.41, 5.74) is 0. The van der Waals surface area contributed by atoms with Crippen molar-refractivity contribution in [2.45, 2.75) is 12.8 Å². The summed E-state index contributed by atoms with van der Waals surface area (Å²) in [6.07, 6.45) is 2.72. The van der Waals surface area contributed by atoms with E-state index in [1.54, 1.807) is 0 Å². The fraction of sp³-hybridized carbons (Fsp3) is 1.00. The molecule has 0 spiro atoms. The first-order chi connectivity index (χ1) is 3.93. The first kappa shape index (κ1) is 9.73. The predicted molar refractivity (Wildman–Crippen MR) is 46.6 cm³/mol. The van der Waals surface area contributed by atoms with E-state index in [2.05, 4.69) is 21.2 Å². The SMILES string of the molecule is BrCC[C@@H]1CCNC1.Cl. The Morgan fingerprint density at radius 1 is 1.56 bits per heavy atom. The molecule has 9 heavy (non-hydrogen) atoms. The molecule has 0 unspecified atom stereocenters. The molecular weight excluding hydrogens is 201 g/mol. The van der Waals surface area contributed by atoms with Crippen molar-refractivity contribution >= 4 is 28.3 Å². The van der Waals surface area contributed by atoms with Gasteiger partial charge in [-0.15, -0.1) is 12.4 Å². The number of halogens is 2. The fourth-order valence-corrected chi connectivity index (χ4v) is 1.76. The van der Waals surface area contributed by atoms with E-state index >= 15 is 0 Å². The van der Waals surface area contributed by atoms with Crippen LogP contribution in [0.5, 0.6) is 0 Å². The van der Waals surface area contributed by atoms with Crippen LogP contribution in [0, 0.1) is 5.92 Å². The average molecular weight is 215 g/mol. The Balaban J connectivity index is 0.000000640. The zero-order valence-electron chi connectivity index (χ0n) is 5.40. The summed E-state index contributed by atoms with van der Waals surface area (Å²) < 4.78 is 0. The number of nitrogens with one attached hydrogen (secondary N) is 1. The molecular formula is C6H13BrClN. The summed E-state index contributed by atoms with van der Waals surface area (Å²) in [6, 6.07) is 0. The molecule has 1 saturated heterocycles. The maximum atomic E-state index is 3.43. The molecule has 1 rings (SSSR count). The van der Waals surface area contributed by atoms with Gasteiger partial charge in [0.25, 0.3) is 0 Å². The van der Waals surface area contributed by atoms with Crippen LogP contribution in [0.2, 0.25) is 0 Å². The molecule has 0 aromatic rings. The zero-order chi connectivity index (χ0) is 5.82. The van der Waals surface area contributed by atoms with Crippen LogP contribution in [0.4, 0.5) is 0 Å². The highest BCUT2D eigenvalue weighted by Gasteiger charge is 2.12. The molecule has 1 N–H and O–H groups in total. The molecule has 1 fully saturated rings. The molecule has 0 aromatic heterocycles. The molecule has 56 valence electrons. The van der Waals surface area contributed by atoms with Gasteiger partial charge in [0, 0.05) is 5.33 Å². The van der Waals surface area contributed by atoms with Gasteiger partial charge in [-0.25, -0.2) is 0 Å². The Kier molecular flexibility index (Phi) is 5.96. The lowest BCUT2D eigenvalue weighted by atomic mass is 10.1. The lowest BCUT2D eigenvalue weighted by molar-refractivity contribution is 0.569. The topological polar surface area (TPSA) is 12.0 Å². The van der Waals surface area contributed by atoms with Crippen LogP contribution in [0.3, 0.4) is 0 Å². The third kappa shape index (κ3) is 3.43. The van der Waals surface area contributed by atoms with Crippen LogP contribution in [-0.2, 0) is 0 Å². The molecule has 0 radical (unpaired) electrons. The Morgan fingerprint density at radius 2 is 2.33 bits per heavy atom. The molecule has 1 nitrogen and oxygen atoms in total. The van der Waals surface area contributed by atoms with Crippen molar-refractivity contribution in [3.63, 3.8) is 0 Å². The average Bonchev–Trinajstić information content (AvgIpc) is 2.19. The Bertz CT molecular complexity index is 64.1. The highest BCUT2D eigenvalue weighted by atomic mass is 79.9. The molecule has 1 atom stereocenters. The van der Waals surface area contributed by atoms with Crippen LogP contribution < -0.4 is 5.32 Å². The van der Waals surface area contributed by atoms with Crippen molar-refractivity contribution in [2.75, 3.05) is 18.4 Å². The Labute approximate surface area is 71.1 Å². The van der Waals surface area contributed by atoms with Gasteiger partial charge in [0.05, 0.1) is 0 Å². The fourth-order valence-electron chi connectivity index (χ4n) is 1.12. The van der Waals surface area contributed by atoms with Crippen molar-refractivity contribution in [2.24, 2.45) is 5.92 Å². The lowest BCUT2D eigenvalue weighted by Gasteiger charge is -2.01. The summed E-state index contributed by atoms with van der Waals surface area (Å²) in [4.78, 5) is 0. The predicted octanol–water partition coefficient (Wildman–Crippen LogP) is 1.80.